The minimum absolute atomic E-state index is 0.0408. The van der Waals surface area contributed by atoms with Gasteiger partial charge in [0.05, 0.1) is 6.54 Å². The normalized spacial score (nSPS) is 19.1. The van der Waals surface area contributed by atoms with Crippen LogP contribution in [-0.4, -0.2) is 51.2 Å². The first-order chi connectivity index (χ1) is 14.2. The van der Waals surface area contributed by atoms with Gasteiger partial charge < -0.3 is 10.2 Å². The van der Waals surface area contributed by atoms with E-state index in [4.69, 9.17) is 0 Å². The molecule has 1 aliphatic carbocycles. The monoisotopic (exact) mass is 414 g/mol. The Morgan fingerprint density at radius 3 is 2.90 bits per heavy atom. The Labute approximate surface area is 175 Å². The molecule has 1 N–H and O–H groups in total. The van der Waals surface area contributed by atoms with Gasteiger partial charge in [0.1, 0.15) is 5.82 Å². The molecule has 1 fully saturated rings. The van der Waals surface area contributed by atoms with Crippen LogP contribution in [0.5, 0.6) is 0 Å². The fraction of sp³-hybridized carbons (Fsp3) is 0.455. The predicted octanol–water partition coefficient (Wildman–Crippen LogP) is 3.04. The lowest BCUT2D eigenvalue weighted by molar-refractivity contribution is 0.0764. The smallest absolute Gasteiger partial charge is 0.274 e. The van der Waals surface area contributed by atoms with Gasteiger partial charge in [-0.2, -0.15) is 16.9 Å². The van der Waals surface area contributed by atoms with Crippen LogP contribution in [0.4, 0.5) is 4.39 Å². The first-order valence-corrected chi connectivity index (χ1v) is 11.4. The molecule has 2 aliphatic rings. The van der Waals surface area contributed by atoms with Crippen molar-refractivity contribution < 1.29 is 9.18 Å². The van der Waals surface area contributed by atoms with Gasteiger partial charge in [-0.15, -0.1) is 6.58 Å². The summed E-state index contributed by atoms with van der Waals surface area (Å²) in [6.45, 7) is 6.48. The Morgan fingerprint density at radius 2 is 2.14 bits per heavy atom. The second-order valence-corrected chi connectivity index (χ2v) is 8.79. The zero-order chi connectivity index (χ0) is 20.2. The molecule has 2 aromatic rings. The van der Waals surface area contributed by atoms with Crippen molar-refractivity contribution in [2.45, 2.75) is 38.4 Å². The average molecular weight is 415 g/mol. The average Bonchev–Trinajstić information content (AvgIpc) is 3.11. The Balaban J connectivity index is 1.53. The number of thioether (sulfide) groups is 1. The van der Waals surface area contributed by atoms with Crippen LogP contribution in [0.15, 0.2) is 36.9 Å². The number of halogens is 1. The van der Waals surface area contributed by atoms with Crippen molar-refractivity contribution >= 4 is 17.7 Å². The van der Waals surface area contributed by atoms with E-state index in [0.717, 1.165) is 55.1 Å². The number of allylic oxidation sites excluding steroid dienone is 1. The minimum atomic E-state index is -0.186. The molecule has 29 heavy (non-hydrogen) atoms. The Morgan fingerprint density at radius 1 is 1.34 bits per heavy atom. The Bertz CT molecular complexity index is 891. The van der Waals surface area contributed by atoms with E-state index >= 15 is 0 Å². The second-order valence-electron chi connectivity index (χ2n) is 7.56. The quantitative estimate of drug-likeness (QED) is 0.739. The van der Waals surface area contributed by atoms with Gasteiger partial charge in [0.2, 0.25) is 0 Å². The summed E-state index contributed by atoms with van der Waals surface area (Å²) in [7, 11) is 0. The van der Waals surface area contributed by atoms with Gasteiger partial charge >= 0.3 is 0 Å². The molecule has 5 nitrogen and oxygen atoms in total. The SMILES string of the molecule is C=CCn1nc(C(=O)N2CCSCC2)c2c1CCC(NCc1ccccc1F)C2. The molecular weight excluding hydrogens is 387 g/mol. The van der Waals surface area contributed by atoms with Gasteiger partial charge in [-0.25, -0.2) is 4.39 Å². The van der Waals surface area contributed by atoms with Crippen molar-refractivity contribution in [2.75, 3.05) is 24.6 Å². The van der Waals surface area contributed by atoms with Crippen LogP contribution < -0.4 is 5.32 Å². The molecule has 7 heteroatoms. The van der Waals surface area contributed by atoms with Gasteiger partial charge in [-0.1, -0.05) is 24.3 Å². The molecule has 0 radical (unpaired) electrons. The number of nitrogens with one attached hydrogen (secondary N) is 1. The summed E-state index contributed by atoms with van der Waals surface area (Å²) >= 11 is 1.89. The number of benzene rings is 1. The van der Waals surface area contributed by atoms with Gasteiger partial charge in [0, 0.05) is 54.0 Å². The first kappa shape index (κ1) is 20.2. The summed E-state index contributed by atoms with van der Waals surface area (Å²) in [5.74, 6) is 1.82. The van der Waals surface area contributed by atoms with Crippen molar-refractivity contribution in [3.8, 4) is 0 Å². The lowest BCUT2D eigenvalue weighted by Crippen LogP contribution is -2.39. The molecule has 1 unspecified atom stereocenters. The maximum absolute atomic E-state index is 13.9. The number of rotatable bonds is 6. The van der Waals surface area contributed by atoms with Crippen LogP contribution in [0.3, 0.4) is 0 Å². The molecule has 1 amide bonds. The molecular formula is C22H27FN4OS. The summed E-state index contributed by atoms with van der Waals surface area (Å²) in [6, 6.07) is 7.06. The summed E-state index contributed by atoms with van der Waals surface area (Å²) in [4.78, 5) is 15.1. The Hall–Kier alpha value is -2.12. The van der Waals surface area contributed by atoms with E-state index in [2.05, 4.69) is 17.0 Å². The highest BCUT2D eigenvalue weighted by Gasteiger charge is 2.31. The van der Waals surface area contributed by atoms with E-state index in [0.29, 0.717) is 24.3 Å². The van der Waals surface area contributed by atoms with Crippen LogP contribution in [0.2, 0.25) is 0 Å². The van der Waals surface area contributed by atoms with Crippen molar-refractivity contribution in [1.29, 1.82) is 0 Å². The number of aromatic nitrogens is 2. The molecule has 1 aromatic heterocycles. The summed E-state index contributed by atoms with van der Waals surface area (Å²) in [5.41, 5.74) is 3.45. The molecule has 4 rings (SSSR count). The maximum atomic E-state index is 13.9. The van der Waals surface area contributed by atoms with E-state index in [1.165, 1.54) is 6.07 Å². The summed E-state index contributed by atoms with van der Waals surface area (Å²) in [5, 5.41) is 8.16. The highest BCUT2D eigenvalue weighted by Crippen LogP contribution is 2.27. The fourth-order valence-corrected chi connectivity index (χ4v) is 5.02. The predicted molar refractivity (Wildman–Crippen MR) is 115 cm³/mol. The molecule has 2 heterocycles. The summed E-state index contributed by atoms with van der Waals surface area (Å²) in [6.07, 6.45) is 4.36. The summed E-state index contributed by atoms with van der Waals surface area (Å²) < 4.78 is 15.9. The van der Waals surface area contributed by atoms with E-state index in [9.17, 15) is 9.18 Å². The molecule has 154 valence electrons. The van der Waals surface area contributed by atoms with E-state index in [-0.39, 0.29) is 17.8 Å². The first-order valence-electron chi connectivity index (χ1n) is 10.2. The molecule has 1 saturated heterocycles. The zero-order valence-corrected chi connectivity index (χ0v) is 17.4. The number of nitrogens with zero attached hydrogens (tertiary/aromatic N) is 3. The lowest BCUT2D eigenvalue weighted by atomic mass is 9.91. The Kier molecular flexibility index (Phi) is 6.35. The van der Waals surface area contributed by atoms with E-state index < -0.39 is 0 Å². The zero-order valence-electron chi connectivity index (χ0n) is 16.6. The highest BCUT2D eigenvalue weighted by atomic mass is 32.2. The van der Waals surface area contributed by atoms with Crippen LogP contribution in [0, 0.1) is 5.82 Å². The van der Waals surface area contributed by atoms with Crippen molar-refractivity contribution in [3.63, 3.8) is 0 Å². The van der Waals surface area contributed by atoms with Gasteiger partial charge in [-0.05, 0) is 25.3 Å². The van der Waals surface area contributed by atoms with Gasteiger partial charge in [0.15, 0.2) is 5.69 Å². The minimum Gasteiger partial charge on any atom is -0.336 e. The number of carbonyl (C=O) groups excluding carboxylic acids is 1. The van der Waals surface area contributed by atoms with Crippen LogP contribution >= 0.6 is 11.8 Å². The molecule has 1 aliphatic heterocycles. The largest absolute Gasteiger partial charge is 0.336 e. The number of hydrogen-bond acceptors (Lipinski definition) is 4. The third-order valence-electron chi connectivity index (χ3n) is 5.69. The molecule has 0 saturated carbocycles. The molecule has 1 aromatic carbocycles. The maximum Gasteiger partial charge on any atom is 0.274 e. The number of hydrogen-bond donors (Lipinski definition) is 1. The number of carbonyl (C=O) groups is 1. The van der Waals surface area contributed by atoms with Crippen molar-refractivity contribution in [1.82, 2.24) is 20.0 Å². The standard InChI is InChI=1S/C22H27FN4OS/c1-2-9-27-20-8-7-17(24-15-16-5-3-4-6-19(16)23)14-18(20)21(25-27)22(28)26-10-12-29-13-11-26/h2-6,17,24H,1,7-15H2. The highest BCUT2D eigenvalue weighted by molar-refractivity contribution is 7.99. The van der Waals surface area contributed by atoms with Gasteiger partial charge in [0.25, 0.3) is 5.91 Å². The molecule has 0 spiro atoms. The van der Waals surface area contributed by atoms with Crippen LogP contribution in [0.25, 0.3) is 0 Å². The molecule has 0 bridgehead atoms. The number of fused-ring (bicyclic) bond motifs is 1. The topological polar surface area (TPSA) is 50.2 Å². The molecule has 1 atom stereocenters. The van der Waals surface area contributed by atoms with Crippen LogP contribution in [-0.2, 0) is 25.9 Å². The number of amides is 1. The fourth-order valence-electron chi connectivity index (χ4n) is 4.12. The second kappa shape index (κ2) is 9.13. The van der Waals surface area contributed by atoms with Gasteiger partial charge in [-0.3, -0.25) is 9.48 Å². The lowest BCUT2D eigenvalue weighted by Gasteiger charge is -2.27. The van der Waals surface area contributed by atoms with Crippen molar-refractivity contribution in [3.05, 3.63) is 65.3 Å². The third kappa shape index (κ3) is 4.41. The van der Waals surface area contributed by atoms with Crippen LogP contribution in [0.1, 0.15) is 33.7 Å². The van der Waals surface area contributed by atoms with E-state index in [1.807, 2.05) is 39.6 Å². The van der Waals surface area contributed by atoms with Crippen molar-refractivity contribution in [2.24, 2.45) is 0 Å². The third-order valence-corrected chi connectivity index (χ3v) is 6.63. The van der Waals surface area contributed by atoms with E-state index in [1.54, 1.807) is 6.07 Å².